The summed E-state index contributed by atoms with van der Waals surface area (Å²) in [5, 5.41) is 2.24. The van der Waals surface area contributed by atoms with Gasteiger partial charge in [0.05, 0.1) is 6.54 Å². The van der Waals surface area contributed by atoms with Gasteiger partial charge in [-0.3, -0.25) is 14.5 Å². The van der Waals surface area contributed by atoms with Crippen LogP contribution in [0.1, 0.15) is 6.42 Å². The minimum Gasteiger partial charge on any atom is -0.484 e. The number of hydrogen-bond donors (Lipinski definition) is 0. The second kappa shape index (κ2) is 8.86. The third-order valence-corrected chi connectivity index (χ3v) is 4.88. The van der Waals surface area contributed by atoms with Crippen LogP contribution in [0.4, 0.5) is 0 Å². The first-order chi connectivity index (χ1) is 13.0. The van der Waals surface area contributed by atoms with Crippen molar-refractivity contribution < 1.29 is 14.3 Å². The third kappa shape index (κ3) is 5.20. The average molecular weight is 369 g/mol. The number of carbonyl (C=O) groups excluding carboxylic acids is 2. The van der Waals surface area contributed by atoms with E-state index < -0.39 is 0 Å². The Morgan fingerprint density at radius 2 is 1.78 bits per heavy atom. The van der Waals surface area contributed by atoms with Crippen LogP contribution in [0, 0.1) is 0 Å². The summed E-state index contributed by atoms with van der Waals surface area (Å²) in [6.07, 6.45) is 0.864. The molecule has 3 rings (SSSR count). The molecule has 6 nitrogen and oxygen atoms in total. The predicted molar refractivity (Wildman–Crippen MR) is 106 cm³/mol. The number of likely N-dealkylation sites (N-methyl/N-ethyl adjacent to an activating group) is 1. The zero-order valence-electron chi connectivity index (χ0n) is 16.1. The Balaban J connectivity index is 1.51. The smallest absolute Gasteiger partial charge is 0.260 e. The first-order valence-electron chi connectivity index (χ1n) is 9.35. The van der Waals surface area contributed by atoms with E-state index in [0.29, 0.717) is 31.9 Å². The van der Waals surface area contributed by atoms with Gasteiger partial charge in [0.15, 0.2) is 6.61 Å². The van der Waals surface area contributed by atoms with Gasteiger partial charge in [-0.1, -0.05) is 30.3 Å². The fourth-order valence-electron chi connectivity index (χ4n) is 3.20. The van der Waals surface area contributed by atoms with Crippen LogP contribution in [0.3, 0.4) is 0 Å². The van der Waals surface area contributed by atoms with Crippen molar-refractivity contribution in [3.05, 3.63) is 42.5 Å². The summed E-state index contributed by atoms with van der Waals surface area (Å²) in [4.78, 5) is 30.0. The van der Waals surface area contributed by atoms with Crippen LogP contribution in [-0.4, -0.2) is 79.9 Å². The van der Waals surface area contributed by atoms with Gasteiger partial charge in [-0.15, -0.1) is 0 Å². The van der Waals surface area contributed by atoms with Crippen LogP contribution in [-0.2, 0) is 9.59 Å². The van der Waals surface area contributed by atoms with Gasteiger partial charge in [0, 0.05) is 40.3 Å². The summed E-state index contributed by atoms with van der Waals surface area (Å²) in [6, 6.07) is 13.9. The Labute approximate surface area is 160 Å². The highest BCUT2D eigenvalue weighted by Crippen LogP contribution is 2.20. The molecule has 144 valence electrons. The fourth-order valence-corrected chi connectivity index (χ4v) is 3.20. The molecule has 2 aromatic rings. The lowest BCUT2D eigenvalue weighted by Gasteiger charge is -2.22. The Kier molecular flexibility index (Phi) is 6.29. The summed E-state index contributed by atoms with van der Waals surface area (Å²) in [5.41, 5.74) is 0. The van der Waals surface area contributed by atoms with Gasteiger partial charge in [-0.25, -0.2) is 0 Å². The molecule has 0 bridgehead atoms. The van der Waals surface area contributed by atoms with E-state index >= 15 is 0 Å². The normalized spacial score (nSPS) is 15.4. The van der Waals surface area contributed by atoms with E-state index in [1.165, 1.54) is 0 Å². The molecular weight excluding hydrogens is 342 g/mol. The molecule has 2 amide bonds. The second-order valence-corrected chi connectivity index (χ2v) is 7.10. The number of nitrogens with zero attached hydrogens (tertiary/aromatic N) is 3. The maximum absolute atomic E-state index is 12.5. The van der Waals surface area contributed by atoms with E-state index in [4.69, 9.17) is 4.74 Å². The number of rotatable bonds is 5. The predicted octanol–water partition coefficient (Wildman–Crippen LogP) is 1.84. The Bertz CT molecular complexity index is 806. The van der Waals surface area contributed by atoms with Crippen molar-refractivity contribution in [2.45, 2.75) is 6.42 Å². The molecule has 0 unspecified atom stereocenters. The van der Waals surface area contributed by atoms with Crippen LogP contribution < -0.4 is 4.74 Å². The molecule has 1 fully saturated rings. The molecule has 1 saturated heterocycles. The summed E-state index contributed by atoms with van der Waals surface area (Å²) in [6.45, 7) is 3.31. The summed E-state index contributed by atoms with van der Waals surface area (Å²) >= 11 is 0. The highest BCUT2D eigenvalue weighted by Gasteiger charge is 2.21. The minimum atomic E-state index is -0.0102. The number of amides is 2. The van der Waals surface area contributed by atoms with Gasteiger partial charge in [0.25, 0.3) is 5.91 Å². The zero-order chi connectivity index (χ0) is 19.2. The molecule has 0 N–H and O–H groups in total. The standard InChI is InChI=1S/C21H27N3O3/c1-22(2)20(25)15-23-10-5-11-24(13-12-23)21(26)16-27-19-9-8-17-6-3-4-7-18(17)14-19/h3-4,6-9,14H,5,10-13,15-16H2,1-2H3. The number of ether oxygens (including phenoxy) is 1. The van der Waals surface area contributed by atoms with Gasteiger partial charge in [-0.05, 0) is 29.3 Å². The van der Waals surface area contributed by atoms with Crippen molar-refractivity contribution in [1.29, 1.82) is 0 Å². The van der Waals surface area contributed by atoms with E-state index in [2.05, 4.69) is 4.90 Å². The topological polar surface area (TPSA) is 53.1 Å². The molecule has 1 heterocycles. The van der Waals surface area contributed by atoms with Crippen molar-refractivity contribution in [1.82, 2.24) is 14.7 Å². The molecule has 0 aromatic heterocycles. The number of carbonyl (C=O) groups is 2. The Hall–Kier alpha value is -2.60. The van der Waals surface area contributed by atoms with E-state index in [9.17, 15) is 9.59 Å². The van der Waals surface area contributed by atoms with Crippen molar-refractivity contribution in [2.24, 2.45) is 0 Å². The molecule has 1 aliphatic heterocycles. The first kappa shape index (κ1) is 19.2. The average Bonchev–Trinajstić information content (AvgIpc) is 2.91. The molecule has 0 saturated carbocycles. The van der Waals surface area contributed by atoms with Crippen molar-refractivity contribution in [3.63, 3.8) is 0 Å². The van der Waals surface area contributed by atoms with Crippen molar-refractivity contribution >= 4 is 22.6 Å². The molecule has 0 atom stereocenters. The maximum Gasteiger partial charge on any atom is 0.260 e. The van der Waals surface area contributed by atoms with Crippen LogP contribution in [0.15, 0.2) is 42.5 Å². The third-order valence-electron chi connectivity index (χ3n) is 4.88. The highest BCUT2D eigenvalue weighted by atomic mass is 16.5. The van der Waals surface area contributed by atoms with Crippen molar-refractivity contribution in [2.75, 3.05) is 53.4 Å². The highest BCUT2D eigenvalue weighted by molar-refractivity contribution is 5.84. The fraction of sp³-hybridized carbons (Fsp3) is 0.429. The Morgan fingerprint density at radius 3 is 2.56 bits per heavy atom. The van der Waals surface area contributed by atoms with Crippen LogP contribution >= 0.6 is 0 Å². The summed E-state index contributed by atoms with van der Waals surface area (Å²) in [7, 11) is 3.53. The second-order valence-electron chi connectivity index (χ2n) is 7.10. The molecule has 0 spiro atoms. The molecule has 2 aromatic carbocycles. The molecule has 0 radical (unpaired) electrons. The molecule has 6 heteroatoms. The van der Waals surface area contributed by atoms with E-state index in [1.807, 2.05) is 47.4 Å². The van der Waals surface area contributed by atoms with Crippen LogP contribution in [0.25, 0.3) is 10.8 Å². The Morgan fingerprint density at radius 1 is 1.00 bits per heavy atom. The monoisotopic (exact) mass is 369 g/mol. The molecule has 27 heavy (non-hydrogen) atoms. The largest absolute Gasteiger partial charge is 0.484 e. The first-order valence-corrected chi connectivity index (χ1v) is 9.35. The number of hydrogen-bond acceptors (Lipinski definition) is 4. The lowest BCUT2D eigenvalue weighted by Crippen LogP contribution is -2.40. The van der Waals surface area contributed by atoms with Gasteiger partial charge >= 0.3 is 0 Å². The van der Waals surface area contributed by atoms with Gasteiger partial charge < -0.3 is 14.5 Å². The van der Waals surface area contributed by atoms with Crippen LogP contribution in [0.5, 0.6) is 5.75 Å². The van der Waals surface area contributed by atoms with E-state index in [0.717, 1.165) is 23.7 Å². The molecular formula is C21H27N3O3. The molecule has 1 aliphatic rings. The van der Waals surface area contributed by atoms with Gasteiger partial charge in [0.1, 0.15) is 5.75 Å². The summed E-state index contributed by atoms with van der Waals surface area (Å²) in [5.74, 6) is 0.786. The van der Waals surface area contributed by atoms with Gasteiger partial charge in [-0.2, -0.15) is 0 Å². The van der Waals surface area contributed by atoms with E-state index in [1.54, 1.807) is 19.0 Å². The minimum absolute atomic E-state index is 0.0102. The lowest BCUT2D eigenvalue weighted by atomic mass is 10.1. The summed E-state index contributed by atoms with van der Waals surface area (Å²) < 4.78 is 5.73. The molecule has 0 aliphatic carbocycles. The van der Waals surface area contributed by atoms with Gasteiger partial charge in [0.2, 0.25) is 5.91 Å². The van der Waals surface area contributed by atoms with Crippen molar-refractivity contribution in [3.8, 4) is 5.75 Å². The number of fused-ring (bicyclic) bond motifs is 1. The van der Waals surface area contributed by atoms with E-state index in [-0.39, 0.29) is 18.4 Å². The maximum atomic E-state index is 12.5. The number of benzene rings is 2. The van der Waals surface area contributed by atoms with Crippen LogP contribution in [0.2, 0.25) is 0 Å². The quantitative estimate of drug-likeness (QED) is 0.807. The lowest BCUT2D eigenvalue weighted by molar-refractivity contribution is -0.133. The zero-order valence-corrected chi connectivity index (χ0v) is 16.1. The SMILES string of the molecule is CN(C)C(=O)CN1CCCN(C(=O)COc2ccc3ccccc3c2)CC1.